The number of halogens is 1. The molecule has 0 bridgehead atoms. The minimum Gasteiger partial charge on any atom is -0.490 e. The molecule has 0 unspecified atom stereocenters. The van der Waals surface area contributed by atoms with E-state index in [4.69, 9.17) is 9.47 Å². The number of anilines is 1. The monoisotopic (exact) mass is 477 g/mol. The first-order chi connectivity index (χ1) is 14.4. The van der Waals surface area contributed by atoms with Crippen molar-refractivity contribution in [2.45, 2.75) is 19.8 Å². The third-order valence-electron chi connectivity index (χ3n) is 3.93. The third kappa shape index (κ3) is 7.16. The van der Waals surface area contributed by atoms with Crippen molar-refractivity contribution in [3.8, 4) is 5.75 Å². The summed E-state index contributed by atoms with van der Waals surface area (Å²) in [7, 11) is 1.56. The number of benzene rings is 2. The molecule has 0 atom stereocenters. The predicted molar refractivity (Wildman–Crippen MR) is 116 cm³/mol. The summed E-state index contributed by atoms with van der Waals surface area (Å²) in [4.78, 5) is 36.4. The first-order valence-corrected chi connectivity index (χ1v) is 10.2. The summed E-state index contributed by atoms with van der Waals surface area (Å²) in [5.74, 6) is -0.735. The van der Waals surface area contributed by atoms with Crippen LogP contribution in [0.1, 0.15) is 40.5 Å². The Morgan fingerprint density at radius 3 is 2.33 bits per heavy atom. The third-order valence-corrected chi connectivity index (χ3v) is 4.42. The van der Waals surface area contributed by atoms with E-state index in [0.29, 0.717) is 34.5 Å². The largest absolute Gasteiger partial charge is 0.490 e. The number of hydrogen-bond donors (Lipinski definition) is 3. The molecule has 30 heavy (non-hydrogen) atoms. The van der Waals surface area contributed by atoms with E-state index in [1.54, 1.807) is 49.6 Å². The van der Waals surface area contributed by atoms with Crippen molar-refractivity contribution in [3.05, 3.63) is 58.1 Å². The van der Waals surface area contributed by atoms with Gasteiger partial charge in [0.2, 0.25) is 5.91 Å². The van der Waals surface area contributed by atoms with Gasteiger partial charge in [0.25, 0.3) is 11.8 Å². The van der Waals surface area contributed by atoms with E-state index < -0.39 is 11.8 Å². The van der Waals surface area contributed by atoms with E-state index in [0.717, 1.165) is 6.42 Å². The topological polar surface area (TPSA) is 106 Å². The molecule has 2 aromatic carbocycles. The summed E-state index contributed by atoms with van der Waals surface area (Å²) in [6, 6.07) is 11.4. The fourth-order valence-corrected chi connectivity index (χ4v) is 2.81. The molecule has 160 valence electrons. The van der Waals surface area contributed by atoms with E-state index in [1.807, 2.05) is 6.92 Å². The molecule has 0 aromatic heterocycles. The van der Waals surface area contributed by atoms with Crippen LogP contribution >= 0.6 is 15.9 Å². The Bertz CT molecular complexity index is 887. The van der Waals surface area contributed by atoms with Crippen molar-refractivity contribution >= 4 is 39.3 Å². The van der Waals surface area contributed by atoms with Crippen LogP contribution in [0.4, 0.5) is 5.69 Å². The molecule has 0 aliphatic rings. The summed E-state index contributed by atoms with van der Waals surface area (Å²) < 4.78 is 11.2. The number of hydrazine groups is 1. The second kappa shape index (κ2) is 11.9. The number of methoxy groups -OCH3 is 1. The highest BCUT2D eigenvalue weighted by Gasteiger charge is 2.15. The Kier molecular flexibility index (Phi) is 9.30. The number of hydrogen-bond acceptors (Lipinski definition) is 5. The molecule has 0 fully saturated rings. The molecule has 3 N–H and O–H groups in total. The molecule has 2 aromatic rings. The molecule has 3 amide bonds. The van der Waals surface area contributed by atoms with Gasteiger partial charge in [0.05, 0.1) is 12.2 Å². The van der Waals surface area contributed by atoms with Gasteiger partial charge >= 0.3 is 0 Å². The van der Waals surface area contributed by atoms with Gasteiger partial charge in [-0.1, -0.05) is 22.9 Å². The minimum atomic E-state index is -0.527. The number of ether oxygens (including phenoxy) is 2. The van der Waals surface area contributed by atoms with Gasteiger partial charge in [0.15, 0.2) is 0 Å². The van der Waals surface area contributed by atoms with Gasteiger partial charge in [-0.05, 0) is 48.9 Å². The standard InChI is InChI=1S/C21H24BrN3O5/c1-3-4-19(26)23-16-8-5-14(6-9-16)20(27)24-25-21(28)17-13-15(22)7-10-18(17)30-12-11-29-2/h5-10,13H,3-4,11-12H2,1-2H3,(H,23,26)(H,24,27)(H,25,28). The number of amides is 3. The zero-order chi connectivity index (χ0) is 21.9. The molecule has 0 spiro atoms. The molecule has 0 aliphatic carbocycles. The maximum Gasteiger partial charge on any atom is 0.273 e. The fraction of sp³-hybridized carbons (Fsp3) is 0.286. The van der Waals surface area contributed by atoms with Crippen molar-refractivity contribution in [1.29, 1.82) is 0 Å². The lowest BCUT2D eigenvalue weighted by atomic mass is 10.2. The van der Waals surface area contributed by atoms with Crippen LogP contribution in [0.3, 0.4) is 0 Å². The van der Waals surface area contributed by atoms with Crippen LogP contribution in [-0.4, -0.2) is 38.0 Å². The van der Waals surface area contributed by atoms with Gasteiger partial charge in [0.1, 0.15) is 12.4 Å². The van der Waals surface area contributed by atoms with Crippen molar-refractivity contribution in [2.75, 3.05) is 25.6 Å². The molecular formula is C21H24BrN3O5. The van der Waals surface area contributed by atoms with Crippen LogP contribution in [0.25, 0.3) is 0 Å². The smallest absolute Gasteiger partial charge is 0.273 e. The summed E-state index contributed by atoms with van der Waals surface area (Å²) >= 11 is 3.32. The van der Waals surface area contributed by atoms with Gasteiger partial charge in [-0.15, -0.1) is 0 Å². The number of rotatable bonds is 9. The zero-order valence-corrected chi connectivity index (χ0v) is 18.4. The van der Waals surface area contributed by atoms with Crippen molar-refractivity contribution in [3.63, 3.8) is 0 Å². The first-order valence-electron chi connectivity index (χ1n) is 9.36. The lowest BCUT2D eigenvalue weighted by molar-refractivity contribution is -0.116. The second-order valence-electron chi connectivity index (χ2n) is 6.27. The van der Waals surface area contributed by atoms with E-state index in [2.05, 4.69) is 32.1 Å². The lowest BCUT2D eigenvalue weighted by Gasteiger charge is -2.13. The van der Waals surface area contributed by atoms with Gasteiger partial charge in [0, 0.05) is 29.3 Å². The molecule has 0 radical (unpaired) electrons. The maximum absolute atomic E-state index is 12.5. The Morgan fingerprint density at radius 2 is 1.67 bits per heavy atom. The highest BCUT2D eigenvalue weighted by Crippen LogP contribution is 2.23. The van der Waals surface area contributed by atoms with Gasteiger partial charge in [-0.25, -0.2) is 0 Å². The molecule has 8 nitrogen and oxygen atoms in total. The highest BCUT2D eigenvalue weighted by molar-refractivity contribution is 9.10. The van der Waals surface area contributed by atoms with Crippen molar-refractivity contribution in [1.82, 2.24) is 10.9 Å². The quantitative estimate of drug-likeness (QED) is 0.379. The normalized spacial score (nSPS) is 10.2. The number of carbonyl (C=O) groups is 3. The Morgan fingerprint density at radius 1 is 0.967 bits per heavy atom. The zero-order valence-electron chi connectivity index (χ0n) is 16.8. The van der Waals surface area contributed by atoms with Crippen molar-refractivity contribution in [2.24, 2.45) is 0 Å². The summed E-state index contributed by atoms with van der Waals surface area (Å²) in [6.07, 6.45) is 1.18. The highest BCUT2D eigenvalue weighted by atomic mass is 79.9. The molecule has 0 saturated carbocycles. The Labute approximate surface area is 183 Å². The minimum absolute atomic E-state index is 0.0838. The molecule has 9 heteroatoms. The predicted octanol–water partition coefficient (Wildman–Crippen LogP) is 3.29. The van der Waals surface area contributed by atoms with Crippen molar-refractivity contribution < 1.29 is 23.9 Å². The Balaban J connectivity index is 1.96. The fourth-order valence-electron chi connectivity index (χ4n) is 2.45. The van der Waals surface area contributed by atoms with E-state index >= 15 is 0 Å². The summed E-state index contributed by atoms with van der Waals surface area (Å²) in [6.45, 7) is 2.58. The average Bonchev–Trinajstić information content (AvgIpc) is 2.73. The lowest BCUT2D eigenvalue weighted by Crippen LogP contribution is -2.41. The van der Waals surface area contributed by atoms with E-state index in [-0.39, 0.29) is 18.1 Å². The maximum atomic E-state index is 12.5. The van der Waals surface area contributed by atoms with Crippen LogP contribution in [0.5, 0.6) is 5.75 Å². The van der Waals surface area contributed by atoms with Crippen LogP contribution in [0.15, 0.2) is 46.9 Å². The Hall–Kier alpha value is -2.91. The van der Waals surface area contributed by atoms with Crippen LogP contribution < -0.4 is 20.9 Å². The molecular weight excluding hydrogens is 454 g/mol. The SMILES string of the molecule is CCCC(=O)Nc1ccc(C(=O)NNC(=O)c2cc(Br)ccc2OCCOC)cc1. The van der Waals surface area contributed by atoms with E-state index in [9.17, 15) is 14.4 Å². The average molecular weight is 478 g/mol. The molecule has 0 aliphatic heterocycles. The van der Waals surface area contributed by atoms with Crippen LogP contribution in [0, 0.1) is 0 Å². The van der Waals surface area contributed by atoms with Gasteiger partial charge in [-0.2, -0.15) is 0 Å². The number of carbonyl (C=O) groups excluding carboxylic acids is 3. The summed E-state index contributed by atoms with van der Waals surface area (Å²) in [5, 5.41) is 2.75. The number of nitrogens with one attached hydrogen (secondary N) is 3. The second-order valence-corrected chi connectivity index (χ2v) is 7.18. The molecule has 0 saturated heterocycles. The molecule has 2 rings (SSSR count). The summed E-state index contributed by atoms with van der Waals surface area (Å²) in [5.41, 5.74) is 5.93. The van der Waals surface area contributed by atoms with Gasteiger partial charge < -0.3 is 14.8 Å². The van der Waals surface area contributed by atoms with Crippen LogP contribution in [0.2, 0.25) is 0 Å². The first kappa shape index (κ1) is 23.4. The molecule has 0 heterocycles. The van der Waals surface area contributed by atoms with E-state index in [1.165, 1.54) is 0 Å². The van der Waals surface area contributed by atoms with Gasteiger partial charge in [-0.3, -0.25) is 25.2 Å². The van der Waals surface area contributed by atoms with Crippen LogP contribution in [-0.2, 0) is 9.53 Å².